The molecule has 3 heteroatoms. The van der Waals surface area contributed by atoms with Gasteiger partial charge in [0.1, 0.15) is 0 Å². The number of aliphatic hydroxyl groups excluding tert-OH is 1. The quantitative estimate of drug-likeness (QED) is 0.783. The smallest absolute Gasteiger partial charge is 0.0628 e. The first-order valence-electron chi connectivity index (χ1n) is 6.78. The van der Waals surface area contributed by atoms with E-state index in [1.54, 1.807) is 7.11 Å². The van der Waals surface area contributed by atoms with Gasteiger partial charge in [0.15, 0.2) is 0 Å². The SMILES string of the molecule is COCCCCN1CCc2ccccc2C1CO. The van der Waals surface area contributed by atoms with Crippen molar-refractivity contribution in [1.29, 1.82) is 0 Å². The molecule has 0 saturated heterocycles. The minimum Gasteiger partial charge on any atom is -0.394 e. The summed E-state index contributed by atoms with van der Waals surface area (Å²) < 4.78 is 5.07. The van der Waals surface area contributed by atoms with Crippen LogP contribution in [0.5, 0.6) is 0 Å². The molecule has 0 bridgehead atoms. The summed E-state index contributed by atoms with van der Waals surface area (Å²) in [6, 6.07) is 8.66. The van der Waals surface area contributed by atoms with Crippen LogP contribution < -0.4 is 0 Å². The molecule has 0 amide bonds. The number of fused-ring (bicyclic) bond motifs is 1. The summed E-state index contributed by atoms with van der Waals surface area (Å²) in [5, 5.41) is 9.64. The number of ether oxygens (including phenoxy) is 1. The summed E-state index contributed by atoms with van der Waals surface area (Å²) in [5.41, 5.74) is 2.70. The van der Waals surface area contributed by atoms with E-state index < -0.39 is 0 Å². The van der Waals surface area contributed by atoms with Crippen LogP contribution in [0.25, 0.3) is 0 Å². The number of nitrogens with zero attached hydrogens (tertiary/aromatic N) is 1. The van der Waals surface area contributed by atoms with E-state index in [1.807, 2.05) is 0 Å². The number of aliphatic hydroxyl groups is 1. The molecule has 2 rings (SSSR count). The Morgan fingerprint density at radius 3 is 2.94 bits per heavy atom. The highest BCUT2D eigenvalue weighted by atomic mass is 16.5. The second-order valence-electron chi connectivity index (χ2n) is 4.88. The van der Waals surface area contributed by atoms with Gasteiger partial charge in [-0.15, -0.1) is 0 Å². The van der Waals surface area contributed by atoms with E-state index in [4.69, 9.17) is 4.74 Å². The second kappa shape index (κ2) is 6.88. The number of hydrogen-bond acceptors (Lipinski definition) is 3. The van der Waals surface area contributed by atoms with Crippen LogP contribution in [0.1, 0.15) is 30.0 Å². The van der Waals surface area contributed by atoms with Crippen LogP contribution in [0.2, 0.25) is 0 Å². The predicted octanol–water partition coefficient (Wildman–Crippen LogP) is 2.00. The highest BCUT2D eigenvalue weighted by Crippen LogP contribution is 2.29. The molecule has 1 unspecified atom stereocenters. The standard InChI is InChI=1S/C15H23NO2/c1-18-11-5-4-9-16-10-8-13-6-2-3-7-14(13)15(16)12-17/h2-3,6-7,15,17H,4-5,8-12H2,1H3. The Hall–Kier alpha value is -0.900. The second-order valence-corrected chi connectivity index (χ2v) is 4.88. The molecule has 0 spiro atoms. The average molecular weight is 249 g/mol. The zero-order valence-corrected chi connectivity index (χ0v) is 11.1. The summed E-state index contributed by atoms with van der Waals surface area (Å²) in [6.07, 6.45) is 3.32. The first kappa shape index (κ1) is 13.5. The molecule has 1 aromatic carbocycles. The summed E-state index contributed by atoms with van der Waals surface area (Å²) >= 11 is 0. The van der Waals surface area contributed by atoms with Crippen molar-refractivity contribution in [2.45, 2.75) is 25.3 Å². The van der Waals surface area contributed by atoms with Gasteiger partial charge in [-0.3, -0.25) is 4.90 Å². The Labute approximate surface area is 109 Å². The molecule has 0 aromatic heterocycles. The fraction of sp³-hybridized carbons (Fsp3) is 0.600. The van der Waals surface area contributed by atoms with E-state index >= 15 is 0 Å². The van der Waals surface area contributed by atoms with Gasteiger partial charge < -0.3 is 9.84 Å². The molecule has 0 radical (unpaired) electrons. The molecule has 1 aliphatic rings. The molecule has 3 nitrogen and oxygen atoms in total. The first-order valence-corrected chi connectivity index (χ1v) is 6.78. The predicted molar refractivity (Wildman–Crippen MR) is 72.7 cm³/mol. The molecule has 1 atom stereocenters. The summed E-state index contributed by atoms with van der Waals surface area (Å²) in [5.74, 6) is 0. The van der Waals surface area contributed by atoms with Crippen molar-refractivity contribution in [1.82, 2.24) is 4.90 Å². The maximum absolute atomic E-state index is 9.64. The third-order valence-electron chi connectivity index (χ3n) is 3.74. The number of benzene rings is 1. The fourth-order valence-electron chi connectivity index (χ4n) is 2.75. The maximum atomic E-state index is 9.64. The van der Waals surface area contributed by atoms with E-state index in [0.717, 1.165) is 39.0 Å². The van der Waals surface area contributed by atoms with E-state index in [9.17, 15) is 5.11 Å². The van der Waals surface area contributed by atoms with E-state index in [0.29, 0.717) is 0 Å². The Morgan fingerprint density at radius 2 is 2.17 bits per heavy atom. The van der Waals surface area contributed by atoms with Crippen LogP contribution >= 0.6 is 0 Å². The molecule has 1 aromatic rings. The van der Waals surface area contributed by atoms with Crippen molar-refractivity contribution < 1.29 is 9.84 Å². The monoisotopic (exact) mass is 249 g/mol. The molecule has 100 valence electrons. The van der Waals surface area contributed by atoms with Gasteiger partial charge in [-0.05, 0) is 36.9 Å². The third kappa shape index (κ3) is 3.10. The largest absolute Gasteiger partial charge is 0.394 e. The van der Waals surface area contributed by atoms with Gasteiger partial charge in [-0.2, -0.15) is 0 Å². The van der Waals surface area contributed by atoms with Crippen molar-refractivity contribution in [3.8, 4) is 0 Å². The minimum absolute atomic E-state index is 0.178. The third-order valence-corrected chi connectivity index (χ3v) is 3.74. The van der Waals surface area contributed by atoms with Crippen LogP contribution in [0.15, 0.2) is 24.3 Å². The minimum atomic E-state index is 0.178. The van der Waals surface area contributed by atoms with Crippen molar-refractivity contribution in [2.24, 2.45) is 0 Å². The lowest BCUT2D eigenvalue weighted by Crippen LogP contribution is -2.38. The van der Waals surface area contributed by atoms with E-state index in [2.05, 4.69) is 29.2 Å². The first-order chi connectivity index (χ1) is 8.86. The number of methoxy groups -OCH3 is 1. The van der Waals surface area contributed by atoms with Gasteiger partial charge in [0, 0.05) is 20.3 Å². The van der Waals surface area contributed by atoms with Gasteiger partial charge in [0.05, 0.1) is 12.6 Å². The van der Waals surface area contributed by atoms with Crippen LogP contribution in [0.3, 0.4) is 0 Å². The van der Waals surface area contributed by atoms with Gasteiger partial charge >= 0.3 is 0 Å². The van der Waals surface area contributed by atoms with Crippen LogP contribution in [0.4, 0.5) is 0 Å². The zero-order chi connectivity index (χ0) is 12.8. The Kier molecular flexibility index (Phi) is 5.17. The van der Waals surface area contributed by atoms with Crippen LogP contribution in [-0.2, 0) is 11.2 Å². The van der Waals surface area contributed by atoms with Crippen LogP contribution in [0, 0.1) is 0 Å². The lowest BCUT2D eigenvalue weighted by Gasteiger charge is -2.36. The van der Waals surface area contributed by atoms with Crippen molar-refractivity contribution >= 4 is 0 Å². The van der Waals surface area contributed by atoms with Crippen molar-refractivity contribution in [3.05, 3.63) is 35.4 Å². The van der Waals surface area contributed by atoms with Gasteiger partial charge in [-0.25, -0.2) is 0 Å². The highest BCUT2D eigenvalue weighted by molar-refractivity contribution is 5.32. The Bertz CT molecular complexity index is 367. The Balaban J connectivity index is 1.97. The molecule has 1 heterocycles. The maximum Gasteiger partial charge on any atom is 0.0628 e. The van der Waals surface area contributed by atoms with E-state index in [-0.39, 0.29) is 12.6 Å². The summed E-state index contributed by atoms with van der Waals surface area (Å²) in [6.45, 7) is 3.13. The summed E-state index contributed by atoms with van der Waals surface area (Å²) in [4.78, 5) is 2.40. The molecular weight excluding hydrogens is 226 g/mol. The molecule has 0 saturated carbocycles. The topological polar surface area (TPSA) is 32.7 Å². The number of unbranched alkanes of at least 4 members (excludes halogenated alkanes) is 1. The van der Waals surface area contributed by atoms with Crippen molar-refractivity contribution in [3.63, 3.8) is 0 Å². The van der Waals surface area contributed by atoms with Gasteiger partial charge in [-0.1, -0.05) is 24.3 Å². The molecule has 18 heavy (non-hydrogen) atoms. The number of hydrogen-bond donors (Lipinski definition) is 1. The zero-order valence-electron chi connectivity index (χ0n) is 11.1. The van der Waals surface area contributed by atoms with Crippen molar-refractivity contribution in [2.75, 3.05) is 33.4 Å². The summed E-state index contributed by atoms with van der Waals surface area (Å²) in [7, 11) is 1.74. The normalized spacial score (nSPS) is 19.8. The van der Waals surface area contributed by atoms with Crippen LogP contribution in [-0.4, -0.2) is 43.4 Å². The highest BCUT2D eigenvalue weighted by Gasteiger charge is 2.25. The molecule has 1 N–H and O–H groups in total. The molecular formula is C15H23NO2. The van der Waals surface area contributed by atoms with Gasteiger partial charge in [0.2, 0.25) is 0 Å². The molecule has 0 aliphatic carbocycles. The fourth-order valence-corrected chi connectivity index (χ4v) is 2.75. The van der Waals surface area contributed by atoms with E-state index in [1.165, 1.54) is 11.1 Å². The van der Waals surface area contributed by atoms with Gasteiger partial charge in [0.25, 0.3) is 0 Å². The lowest BCUT2D eigenvalue weighted by atomic mass is 9.93. The Morgan fingerprint density at radius 1 is 1.33 bits per heavy atom. The lowest BCUT2D eigenvalue weighted by molar-refractivity contribution is 0.108. The number of rotatable bonds is 6. The molecule has 1 aliphatic heterocycles. The average Bonchev–Trinajstić information content (AvgIpc) is 2.43. The molecule has 0 fully saturated rings.